The van der Waals surface area contributed by atoms with Crippen LogP contribution in [0.15, 0.2) is 170 Å². The minimum absolute atomic E-state index is 0.526. The fourth-order valence-electron chi connectivity index (χ4n) is 7.38. The van der Waals surface area contributed by atoms with E-state index in [4.69, 9.17) is 15.0 Å². The number of nitriles is 1. The average molecular weight is 665 g/mol. The van der Waals surface area contributed by atoms with Gasteiger partial charge in [0.2, 0.25) is 5.95 Å². The maximum Gasteiger partial charge on any atom is 0.238 e. The van der Waals surface area contributed by atoms with Gasteiger partial charge >= 0.3 is 0 Å². The van der Waals surface area contributed by atoms with Crippen LogP contribution in [0.3, 0.4) is 0 Å². The summed E-state index contributed by atoms with van der Waals surface area (Å²) >= 11 is 0. The quantitative estimate of drug-likeness (QED) is 0.184. The molecule has 0 saturated heterocycles. The van der Waals surface area contributed by atoms with Crippen molar-refractivity contribution in [1.82, 2.24) is 24.1 Å². The molecule has 0 atom stereocenters. The number of hydrogen-bond acceptors (Lipinski definition) is 4. The molecule has 0 saturated carbocycles. The molecule has 3 aromatic heterocycles. The number of nitrogens with zero attached hydrogens (tertiary/aromatic N) is 6. The van der Waals surface area contributed by atoms with Gasteiger partial charge < -0.3 is 4.57 Å². The third kappa shape index (κ3) is 4.76. The van der Waals surface area contributed by atoms with E-state index in [1.807, 2.05) is 42.5 Å². The Labute approximate surface area is 299 Å². The van der Waals surface area contributed by atoms with E-state index in [2.05, 4.69) is 130 Å². The Hall–Kier alpha value is -7.36. The summed E-state index contributed by atoms with van der Waals surface area (Å²) in [5.74, 6) is 1.64. The zero-order valence-corrected chi connectivity index (χ0v) is 27.8. The van der Waals surface area contributed by atoms with Crippen LogP contribution in [-0.4, -0.2) is 24.1 Å². The molecule has 6 nitrogen and oxygen atoms in total. The topological polar surface area (TPSA) is 72.3 Å². The van der Waals surface area contributed by atoms with Gasteiger partial charge in [-0.1, -0.05) is 103 Å². The SMILES string of the molecule is N#Cc1ccc(-c2nc(-c3ccccc3)nc(-n3c4ccccc4c4ccc(-c5ccc6c(c5)c5ccccc5n6-c5ccccc5)cc43)n2)cc1. The zero-order chi connectivity index (χ0) is 34.6. The van der Waals surface area contributed by atoms with E-state index in [-0.39, 0.29) is 0 Å². The molecule has 0 unspecified atom stereocenters. The molecule has 3 heterocycles. The van der Waals surface area contributed by atoms with Gasteiger partial charge in [-0.3, -0.25) is 4.57 Å². The fourth-order valence-corrected chi connectivity index (χ4v) is 7.38. The predicted octanol–water partition coefficient (Wildman–Crippen LogP) is 10.9. The summed E-state index contributed by atoms with van der Waals surface area (Å²) in [6.07, 6.45) is 0. The number of fused-ring (bicyclic) bond motifs is 6. The van der Waals surface area contributed by atoms with Crippen LogP contribution >= 0.6 is 0 Å². The van der Waals surface area contributed by atoms with Crippen LogP contribution in [0.1, 0.15) is 5.56 Å². The number of hydrogen-bond donors (Lipinski definition) is 0. The smallest absolute Gasteiger partial charge is 0.238 e. The molecule has 0 aliphatic carbocycles. The van der Waals surface area contributed by atoms with E-state index in [0.29, 0.717) is 23.2 Å². The van der Waals surface area contributed by atoms with Gasteiger partial charge in [-0.2, -0.15) is 15.2 Å². The lowest BCUT2D eigenvalue weighted by Gasteiger charge is -2.11. The Kier molecular flexibility index (Phi) is 6.76. The minimum Gasteiger partial charge on any atom is -0.309 e. The molecule has 242 valence electrons. The summed E-state index contributed by atoms with van der Waals surface area (Å²) in [4.78, 5) is 15.1. The minimum atomic E-state index is 0.526. The number of para-hydroxylation sites is 3. The van der Waals surface area contributed by atoms with Gasteiger partial charge in [0.15, 0.2) is 11.6 Å². The third-order valence-corrected chi connectivity index (χ3v) is 9.82. The first-order valence-electron chi connectivity index (χ1n) is 17.2. The molecule has 10 aromatic rings. The Balaban J connectivity index is 1.20. The first-order chi connectivity index (χ1) is 25.7. The highest BCUT2D eigenvalue weighted by Gasteiger charge is 2.19. The summed E-state index contributed by atoms with van der Waals surface area (Å²) in [5, 5.41) is 14.1. The van der Waals surface area contributed by atoms with Crippen molar-refractivity contribution >= 4 is 43.6 Å². The molecule has 0 aliphatic heterocycles. The van der Waals surface area contributed by atoms with Crippen molar-refractivity contribution in [2.75, 3.05) is 0 Å². The van der Waals surface area contributed by atoms with Gasteiger partial charge in [-0.15, -0.1) is 0 Å². The highest BCUT2D eigenvalue weighted by Crippen LogP contribution is 2.38. The second-order valence-corrected chi connectivity index (χ2v) is 12.8. The predicted molar refractivity (Wildman–Crippen MR) is 210 cm³/mol. The Morgan fingerprint density at radius 3 is 1.62 bits per heavy atom. The molecule has 0 fully saturated rings. The fraction of sp³-hybridized carbons (Fsp3) is 0. The van der Waals surface area contributed by atoms with E-state index in [1.54, 1.807) is 12.1 Å². The van der Waals surface area contributed by atoms with E-state index in [1.165, 1.54) is 21.8 Å². The number of aromatic nitrogens is 5. The van der Waals surface area contributed by atoms with Gasteiger partial charge in [0.1, 0.15) is 0 Å². The highest BCUT2D eigenvalue weighted by atomic mass is 15.2. The molecule has 0 amide bonds. The maximum atomic E-state index is 9.42. The molecule has 6 heteroatoms. The van der Waals surface area contributed by atoms with Crippen LogP contribution in [0.2, 0.25) is 0 Å². The Morgan fingerprint density at radius 1 is 0.385 bits per heavy atom. The van der Waals surface area contributed by atoms with Crippen molar-refractivity contribution in [2.45, 2.75) is 0 Å². The average Bonchev–Trinajstić information content (AvgIpc) is 3.73. The molecule has 52 heavy (non-hydrogen) atoms. The van der Waals surface area contributed by atoms with Crippen molar-refractivity contribution in [3.63, 3.8) is 0 Å². The molecule has 0 aliphatic rings. The number of rotatable bonds is 5. The lowest BCUT2D eigenvalue weighted by Crippen LogP contribution is -2.06. The maximum absolute atomic E-state index is 9.42. The van der Waals surface area contributed by atoms with E-state index in [0.717, 1.165) is 49.7 Å². The Bertz CT molecular complexity index is 3010. The van der Waals surface area contributed by atoms with Crippen molar-refractivity contribution < 1.29 is 0 Å². The van der Waals surface area contributed by atoms with Gasteiger partial charge in [0.05, 0.1) is 33.7 Å². The van der Waals surface area contributed by atoms with Crippen molar-refractivity contribution in [3.8, 4) is 51.6 Å². The molecular formula is C46H28N6. The first-order valence-corrected chi connectivity index (χ1v) is 17.2. The normalized spacial score (nSPS) is 11.4. The molecular weight excluding hydrogens is 637 g/mol. The summed E-state index contributed by atoms with van der Waals surface area (Å²) in [5.41, 5.74) is 10.0. The molecule has 0 spiro atoms. The molecule has 0 bridgehead atoms. The Morgan fingerprint density at radius 2 is 0.904 bits per heavy atom. The zero-order valence-electron chi connectivity index (χ0n) is 27.8. The third-order valence-electron chi connectivity index (χ3n) is 9.82. The monoisotopic (exact) mass is 664 g/mol. The molecule has 10 rings (SSSR count). The molecule has 7 aromatic carbocycles. The van der Waals surface area contributed by atoms with E-state index in [9.17, 15) is 5.26 Å². The van der Waals surface area contributed by atoms with Crippen LogP contribution in [0.4, 0.5) is 0 Å². The largest absolute Gasteiger partial charge is 0.309 e. The lowest BCUT2D eigenvalue weighted by molar-refractivity contribution is 0.953. The van der Waals surface area contributed by atoms with E-state index >= 15 is 0 Å². The van der Waals surface area contributed by atoms with E-state index < -0.39 is 0 Å². The second-order valence-electron chi connectivity index (χ2n) is 12.8. The van der Waals surface area contributed by atoms with Crippen LogP contribution in [0, 0.1) is 11.3 Å². The second kappa shape index (κ2) is 11.9. The van der Waals surface area contributed by atoms with Crippen LogP contribution in [0.5, 0.6) is 0 Å². The van der Waals surface area contributed by atoms with Crippen molar-refractivity contribution in [3.05, 3.63) is 175 Å². The molecule has 0 N–H and O–H groups in total. The van der Waals surface area contributed by atoms with Crippen molar-refractivity contribution in [2.24, 2.45) is 0 Å². The molecule has 0 radical (unpaired) electrons. The summed E-state index contributed by atoms with van der Waals surface area (Å²) in [7, 11) is 0. The number of benzene rings is 7. The summed E-state index contributed by atoms with van der Waals surface area (Å²) in [6.45, 7) is 0. The lowest BCUT2D eigenvalue weighted by atomic mass is 10.0. The van der Waals surface area contributed by atoms with Gasteiger partial charge in [0.25, 0.3) is 0 Å². The van der Waals surface area contributed by atoms with Crippen molar-refractivity contribution in [1.29, 1.82) is 5.26 Å². The van der Waals surface area contributed by atoms with Crippen LogP contribution in [-0.2, 0) is 0 Å². The van der Waals surface area contributed by atoms with Gasteiger partial charge in [-0.05, 0) is 77.9 Å². The highest BCUT2D eigenvalue weighted by molar-refractivity contribution is 6.12. The van der Waals surface area contributed by atoms with Crippen LogP contribution < -0.4 is 0 Å². The first kappa shape index (κ1) is 29.5. The van der Waals surface area contributed by atoms with Crippen LogP contribution in [0.25, 0.3) is 89.2 Å². The summed E-state index contributed by atoms with van der Waals surface area (Å²) < 4.78 is 4.49. The standard InChI is InChI=1S/C46H28N6/c47-29-30-19-21-32(22-20-30)45-48-44(31-11-3-1-4-12-31)49-46(50-45)52-41-18-10-7-15-36(41)38-25-23-34(28-43(38)52)33-24-26-42-39(27-33)37-16-8-9-17-40(37)51(42)35-13-5-2-6-14-35/h1-28H. The van der Waals surface area contributed by atoms with Gasteiger partial charge in [0, 0.05) is 38.4 Å². The van der Waals surface area contributed by atoms with Gasteiger partial charge in [-0.25, -0.2) is 4.98 Å². The summed E-state index contributed by atoms with van der Waals surface area (Å²) in [6, 6.07) is 60.5.